The Morgan fingerprint density at radius 1 is 0.957 bits per heavy atom. The van der Waals surface area contributed by atoms with Gasteiger partial charge >= 0.3 is 0 Å². The molecule has 1 N–H and O–H groups in total. The summed E-state index contributed by atoms with van der Waals surface area (Å²) in [7, 11) is 0. The number of hydrogen-bond donors (Lipinski definition) is 1. The summed E-state index contributed by atoms with van der Waals surface area (Å²) in [5, 5.41) is 3.73. The van der Waals surface area contributed by atoms with E-state index in [-0.39, 0.29) is 0 Å². The molecule has 3 atom stereocenters. The van der Waals surface area contributed by atoms with Gasteiger partial charge in [0.05, 0.1) is 18.1 Å². The first kappa shape index (κ1) is 13.6. The molecule has 3 nitrogen and oxygen atoms in total. The summed E-state index contributed by atoms with van der Waals surface area (Å²) in [6, 6.07) is 12.7. The van der Waals surface area contributed by atoms with E-state index in [1.165, 1.54) is 62.6 Å². The molecule has 23 heavy (non-hydrogen) atoms. The molecule has 4 aliphatic rings. The van der Waals surface area contributed by atoms with E-state index in [0.29, 0.717) is 18.1 Å². The van der Waals surface area contributed by atoms with E-state index >= 15 is 0 Å². The lowest BCUT2D eigenvalue weighted by Gasteiger charge is -2.45. The number of nitrogens with zero attached hydrogens (tertiary/aromatic N) is 2. The van der Waals surface area contributed by atoms with Gasteiger partial charge in [-0.25, -0.2) is 4.99 Å². The Labute approximate surface area is 138 Å². The lowest BCUT2D eigenvalue weighted by Crippen LogP contribution is -2.52. The van der Waals surface area contributed by atoms with Gasteiger partial charge in [0.15, 0.2) is 5.96 Å². The number of nitrogens with one attached hydrogen (secondary N) is 1. The molecule has 3 heteroatoms. The molecule has 0 spiro atoms. The first-order valence-electron chi connectivity index (χ1n) is 9.32. The number of rotatable bonds is 1. The van der Waals surface area contributed by atoms with Crippen LogP contribution in [0.15, 0.2) is 46.6 Å². The maximum absolute atomic E-state index is 5.10. The summed E-state index contributed by atoms with van der Waals surface area (Å²) in [4.78, 5) is 7.74. The van der Waals surface area contributed by atoms with Crippen LogP contribution in [0.5, 0.6) is 0 Å². The number of hydrogen-bond acceptors (Lipinski definition) is 3. The Morgan fingerprint density at radius 2 is 1.78 bits per heavy atom. The zero-order chi connectivity index (χ0) is 15.2. The molecule has 2 aliphatic carbocycles. The summed E-state index contributed by atoms with van der Waals surface area (Å²) in [5.41, 5.74) is 4.55. The van der Waals surface area contributed by atoms with E-state index in [1.807, 2.05) is 0 Å². The van der Waals surface area contributed by atoms with Gasteiger partial charge in [0, 0.05) is 5.70 Å². The molecule has 0 bridgehead atoms. The highest BCUT2D eigenvalue weighted by Gasteiger charge is 2.45. The Hall–Kier alpha value is -1.77. The Balaban J connectivity index is 1.62. The molecule has 0 radical (unpaired) electrons. The second kappa shape index (κ2) is 5.40. The van der Waals surface area contributed by atoms with Crippen molar-refractivity contribution < 1.29 is 0 Å². The van der Waals surface area contributed by atoms with Crippen LogP contribution in [0.25, 0.3) is 0 Å². The molecule has 0 amide bonds. The number of aliphatic imine (C=N–C) groups is 1. The Morgan fingerprint density at radius 3 is 2.70 bits per heavy atom. The van der Waals surface area contributed by atoms with Crippen molar-refractivity contribution in [3.63, 3.8) is 0 Å². The Bertz CT molecular complexity index is 661. The minimum Gasteiger partial charge on any atom is -0.330 e. The number of allylic oxidation sites excluding steroid dienone is 1. The summed E-state index contributed by atoms with van der Waals surface area (Å²) >= 11 is 0. The minimum atomic E-state index is 0.416. The number of guanidine groups is 1. The third-order valence-corrected chi connectivity index (χ3v) is 6.08. The van der Waals surface area contributed by atoms with E-state index in [1.54, 1.807) is 5.57 Å². The fourth-order valence-corrected chi connectivity index (χ4v) is 5.03. The predicted molar refractivity (Wildman–Crippen MR) is 93.1 cm³/mol. The van der Waals surface area contributed by atoms with E-state index in [2.05, 4.69) is 40.5 Å². The first-order valence-corrected chi connectivity index (χ1v) is 9.32. The lowest BCUT2D eigenvalue weighted by atomic mass is 9.83. The SMILES string of the molecule is c1ccc([C@H]2C3=C(CCCC3)NC3=N[C@H]4CCCC[C@@H]4N32)cc1. The van der Waals surface area contributed by atoms with Crippen LogP contribution in [0.2, 0.25) is 0 Å². The fourth-order valence-electron chi connectivity index (χ4n) is 5.03. The van der Waals surface area contributed by atoms with Crippen molar-refractivity contribution in [2.75, 3.05) is 0 Å². The van der Waals surface area contributed by atoms with Crippen LogP contribution < -0.4 is 5.32 Å². The van der Waals surface area contributed by atoms with Crippen LogP contribution in [-0.2, 0) is 0 Å². The van der Waals surface area contributed by atoms with Crippen LogP contribution in [0, 0.1) is 0 Å². The molecule has 5 rings (SSSR count). The van der Waals surface area contributed by atoms with Crippen molar-refractivity contribution in [2.45, 2.75) is 69.5 Å². The lowest BCUT2D eigenvalue weighted by molar-refractivity contribution is 0.199. The van der Waals surface area contributed by atoms with Crippen molar-refractivity contribution >= 4 is 5.96 Å². The van der Waals surface area contributed by atoms with Gasteiger partial charge in [-0.2, -0.15) is 0 Å². The van der Waals surface area contributed by atoms with Crippen molar-refractivity contribution in [1.29, 1.82) is 0 Å². The maximum Gasteiger partial charge on any atom is 0.199 e. The molecule has 0 saturated heterocycles. The molecule has 1 aromatic rings. The van der Waals surface area contributed by atoms with E-state index in [0.717, 1.165) is 5.96 Å². The largest absolute Gasteiger partial charge is 0.330 e. The monoisotopic (exact) mass is 307 g/mol. The summed E-state index contributed by atoms with van der Waals surface area (Å²) in [6.07, 6.45) is 10.3. The summed E-state index contributed by atoms with van der Waals surface area (Å²) < 4.78 is 0. The van der Waals surface area contributed by atoms with Crippen molar-refractivity contribution in [3.05, 3.63) is 47.2 Å². The first-order chi connectivity index (χ1) is 11.4. The van der Waals surface area contributed by atoms with Gasteiger partial charge < -0.3 is 10.2 Å². The number of benzene rings is 1. The van der Waals surface area contributed by atoms with Gasteiger partial charge in [0.2, 0.25) is 0 Å². The van der Waals surface area contributed by atoms with Crippen molar-refractivity contribution in [1.82, 2.24) is 10.2 Å². The average Bonchev–Trinajstić information content (AvgIpc) is 2.98. The van der Waals surface area contributed by atoms with Gasteiger partial charge in [0.25, 0.3) is 0 Å². The molecule has 1 saturated carbocycles. The van der Waals surface area contributed by atoms with Gasteiger partial charge in [-0.15, -0.1) is 0 Å². The quantitative estimate of drug-likeness (QED) is 0.844. The van der Waals surface area contributed by atoms with E-state index < -0.39 is 0 Å². The maximum atomic E-state index is 5.10. The predicted octanol–water partition coefficient (Wildman–Crippen LogP) is 4.14. The topological polar surface area (TPSA) is 27.6 Å². The summed E-state index contributed by atoms with van der Waals surface area (Å²) in [6.45, 7) is 0. The van der Waals surface area contributed by atoms with Gasteiger partial charge in [-0.05, 0) is 49.7 Å². The second-order valence-corrected chi connectivity index (χ2v) is 7.43. The zero-order valence-electron chi connectivity index (χ0n) is 13.7. The highest BCUT2D eigenvalue weighted by Crippen LogP contribution is 2.45. The third-order valence-electron chi connectivity index (χ3n) is 6.08. The van der Waals surface area contributed by atoms with Gasteiger partial charge in [-0.3, -0.25) is 0 Å². The summed E-state index contributed by atoms with van der Waals surface area (Å²) in [5.74, 6) is 1.16. The van der Waals surface area contributed by atoms with Crippen LogP contribution in [0.4, 0.5) is 0 Å². The number of fused-ring (bicyclic) bond motifs is 3. The molecule has 1 fully saturated rings. The van der Waals surface area contributed by atoms with Crippen LogP contribution in [0.3, 0.4) is 0 Å². The molecular formula is C20H25N3. The van der Waals surface area contributed by atoms with Gasteiger partial charge in [0.1, 0.15) is 0 Å². The van der Waals surface area contributed by atoms with Crippen LogP contribution in [-0.4, -0.2) is 22.9 Å². The molecule has 1 aromatic carbocycles. The molecule has 120 valence electrons. The van der Waals surface area contributed by atoms with Crippen LogP contribution in [0.1, 0.15) is 63.0 Å². The highest BCUT2D eigenvalue weighted by atomic mass is 15.4. The van der Waals surface area contributed by atoms with Gasteiger partial charge in [-0.1, -0.05) is 43.2 Å². The third kappa shape index (κ3) is 2.13. The standard InChI is InChI=1S/C20H25N3/c1-2-8-14(9-3-1)19-15-10-4-5-11-16(15)21-20-22-17-12-6-7-13-18(17)23(19)20/h1-3,8-9,17-19H,4-7,10-13H2,(H,21,22)/t17-,18-,19-/m0/s1. The molecular weight excluding hydrogens is 282 g/mol. The smallest absolute Gasteiger partial charge is 0.199 e. The normalized spacial score (nSPS) is 32.6. The molecule has 2 aliphatic heterocycles. The minimum absolute atomic E-state index is 0.416. The van der Waals surface area contributed by atoms with E-state index in [4.69, 9.17) is 4.99 Å². The zero-order valence-corrected chi connectivity index (χ0v) is 13.7. The highest BCUT2D eigenvalue weighted by molar-refractivity contribution is 5.86. The average molecular weight is 307 g/mol. The van der Waals surface area contributed by atoms with Crippen molar-refractivity contribution in [2.24, 2.45) is 4.99 Å². The fraction of sp³-hybridized carbons (Fsp3) is 0.550. The van der Waals surface area contributed by atoms with Crippen molar-refractivity contribution in [3.8, 4) is 0 Å². The second-order valence-electron chi connectivity index (χ2n) is 7.43. The Kier molecular flexibility index (Phi) is 3.20. The molecule has 0 aromatic heterocycles. The molecule has 0 unspecified atom stereocenters. The van der Waals surface area contributed by atoms with Crippen LogP contribution >= 0.6 is 0 Å². The van der Waals surface area contributed by atoms with E-state index in [9.17, 15) is 0 Å². The molecule has 2 heterocycles.